The number of hydrogen-bond donors (Lipinski definition) is 1. The number of amides is 1. The van der Waals surface area contributed by atoms with Crippen LogP contribution in [0.25, 0.3) is 5.76 Å². The molecule has 0 spiro atoms. The Bertz CT molecular complexity index is 1310. The van der Waals surface area contributed by atoms with Crippen LogP contribution in [-0.4, -0.2) is 59.1 Å². The molecule has 1 aliphatic heterocycles. The number of nitrogens with zero attached hydrogens (tertiary/aromatic N) is 3. The summed E-state index contributed by atoms with van der Waals surface area (Å²) < 4.78 is 17.9. The molecule has 2 heterocycles. The van der Waals surface area contributed by atoms with E-state index in [0.29, 0.717) is 41.3 Å². The van der Waals surface area contributed by atoms with E-state index in [1.807, 2.05) is 10.8 Å². The molecule has 0 saturated carbocycles. The van der Waals surface area contributed by atoms with Crippen LogP contribution in [-0.2, 0) is 16.1 Å². The van der Waals surface area contributed by atoms with Crippen molar-refractivity contribution in [2.45, 2.75) is 19.0 Å². The Kier molecular flexibility index (Phi) is 7.49. The SMILES string of the molecule is COc1ccc(C(O)=C2C(=O)C(=O)N(CCCn3ccnc3)[C@H]2c2ccc(OC)c(OC)c2)cc1Cl. The van der Waals surface area contributed by atoms with Gasteiger partial charge in [-0.25, -0.2) is 4.98 Å². The fourth-order valence-corrected chi connectivity index (χ4v) is 4.55. The van der Waals surface area contributed by atoms with E-state index in [0.717, 1.165) is 0 Å². The number of carbonyl (C=O) groups is 2. The summed E-state index contributed by atoms with van der Waals surface area (Å²) in [6, 6.07) is 8.97. The molecular formula is C26H26ClN3O6. The number of aromatic nitrogens is 2. The highest BCUT2D eigenvalue weighted by molar-refractivity contribution is 6.46. The van der Waals surface area contributed by atoms with Crippen LogP contribution < -0.4 is 14.2 Å². The number of hydrogen-bond acceptors (Lipinski definition) is 7. The summed E-state index contributed by atoms with van der Waals surface area (Å²) in [5, 5.41) is 11.5. The van der Waals surface area contributed by atoms with Crippen LogP contribution in [0, 0.1) is 0 Å². The number of methoxy groups -OCH3 is 3. The summed E-state index contributed by atoms with van der Waals surface area (Å²) >= 11 is 6.26. The predicted octanol–water partition coefficient (Wildman–Crippen LogP) is 4.07. The predicted molar refractivity (Wildman–Crippen MR) is 133 cm³/mol. The molecule has 1 N–H and O–H groups in total. The van der Waals surface area contributed by atoms with Crippen molar-refractivity contribution in [3.8, 4) is 17.2 Å². The van der Waals surface area contributed by atoms with Crippen LogP contribution in [0.4, 0.5) is 0 Å². The number of aliphatic hydroxyl groups is 1. The van der Waals surface area contributed by atoms with E-state index < -0.39 is 17.7 Å². The quantitative estimate of drug-likeness (QED) is 0.262. The molecule has 4 rings (SSSR count). The van der Waals surface area contributed by atoms with Crippen LogP contribution in [0.2, 0.25) is 5.02 Å². The summed E-state index contributed by atoms with van der Waals surface area (Å²) in [5.41, 5.74) is 0.856. The molecule has 0 bridgehead atoms. The molecule has 0 aliphatic carbocycles. The van der Waals surface area contributed by atoms with Crippen LogP contribution >= 0.6 is 11.6 Å². The molecule has 1 fully saturated rings. The van der Waals surface area contributed by atoms with Crippen LogP contribution in [0.1, 0.15) is 23.6 Å². The Labute approximate surface area is 213 Å². The molecule has 10 heteroatoms. The van der Waals surface area contributed by atoms with Gasteiger partial charge in [0.1, 0.15) is 11.5 Å². The molecule has 2 aromatic carbocycles. The first kappa shape index (κ1) is 25.1. The normalized spacial score (nSPS) is 16.9. The van der Waals surface area contributed by atoms with Gasteiger partial charge in [0.25, 0.3) is 11.7 Å². The zero-order valence-corrected chi connectivity index (χ0v) is 20.9. The van der Waals surface area contributed by atoms with Gasteiger partial charge in [0.05, 0.1) is 44.3 Å². The Morgan fingerprint density at radius 2 is 1.72 bits per heavy atom. The van der Waals surface area contributed by atoms with Crippen LogP contribution in [0.15, 0.2) is 60.7 Å². The number of imidazole rings is 1. The van der Waals surface area contributed by atoms with Crippen molar-refractivity contribution in [3.63, 3.8) is 0 Å². The van der Waals surface area contributed by atoms with Crippen molar-refractivity contribution < 1.29 is 28.9 Å². The molecule has 1 aliphatic rings. The van der Waals surface area contributed by atoms with Crippen molar-refractivity contribution in [3.05, 3.63) is 76.8 Å². The third-order valence-corrected chi connectivity index (χ3v) is 6.36. The average Bonchev–Trinajstić information content (AvgIpc) is 3.50. The molecule has 9 nitrogen and oxygen atoms in total. The molecule has 0 radical (unpaired) electrons. The molecule has 1 aromatic heterocycles. The molecule has 1 saturated heterocycles. The number of Topliss-reactive ketones (excluding diaryl/α,β-unsaturated/α-hetero) is 1. The maximum Gasteiger partial charge on any atom is 0.295 e. The zero-order valence-electron chi connectivity index (χ0n) is 20.1. The second-order valence-corrected chi connectivity index (χ2v) is 8.52. The summed E-state index contributed by atoms with van der Waals surface area (Å²) in [7, 11) is 4.50. The summed E-state index contributed by atoms with van der Waals surface area (Å²) in [4.78, 5) is 31.9. The minimum Gasteiger partial charge on any atom is -0.507 e. The van der Waals surface area contributed by atoms with E-state index in [1.165, 1.54) is 32.3 Å². The second kappa shape index (κ2) is 10.7. The Morgan fingerprint density at radius 3 is 2.36 bits per heavy atom. The van der Waals surface area contributed by atoms with Gasteiger partial charge in [-0.3, -0.25) is 9.59 Å². The number of aryl methyl sites for hydroxylation is 1. The first-order valence-corrected chi connectivity index (χ1v) is 11.6. The highest BCUT2D eigenvalue weighted by atomic mass is 35.5. The van der Waals surface area contributed by atoms with Gasteiger partial charge in [-0.2, -0.15) is 0 Å². The van der Waals surface area contributed by atoms with Crippen LogP contribution in [0.5, 0.6) is 17.2 Å². The fourth-order valence-electron chi connectivity index (χ4n) is 4.29. The van der Waals surface area contributed by atoms with Crippen molar-refractivity contribution in [1.82, 2.24) is 14.5 Å². The van der Waals surface area contributed by atoms with Gasteiger partial charge < -0.3 is 28.8 Å². The third kappa shape index (κ3) is 4.74. The Balaban J connectivity index is 1.79. The molecule has 1 atom stereocenters. The van der Waals surface area contributed by atoms with E-state index in [-0.39, 0.29) is 22.9 Å². The Hall–Kier alpha value is -3.98. The summed E-state index contributed by atoms with van der Waals surface area (Å²) in [5.74, 6) is -0.436. The zero-order chi connectivity index (χ0) is 25.8. The molecule has 3 aromatic rings. The lowest BCUT2D eigenvalue weighted by atomic mass is 9.95. The van der Waals surface area contributed by atoms with Crippen molar-refractivity contribution in [2.75, 3.05) is 27.9 Å². The van der Waals surface area contributed by atoms with Crippen molar-refractivity contribution in [2.24, 2.45) is 0 Å². The molecular weight excluding hydrogens is 486 g/mol. The fraction of sp³-hybridized carbons (Fsp3) is 0.269. The number of aliphatic hydroxyl groups excluding tert-OH is 1. The van der Waals surface area contributed by atoms with Gasteiger partial charge in [0.2, 0.25) is 0 Å². The van der Waals surface area contributed by atoms with Crippen LogP contribution in [0.3, 0.4) is 0 Å². The third-order valence-electron chi connectivity index (χ3n) is 6.06. The van der Waals surface area contributed by atoms with Gasteiger partial charge in [0, 0.05) is 31.0 Å². The topological polar surface area (TPSA) is 103 Å². The monoisotopic (exact) mass is 511 g/mol. The molecule has 1 amide bonds. The standard InChI is InChI=1S/C26H26ClN3O6/c1-34-19-7-6-17(13-18(19)27)24(31)22-23(16-5-8-20(35-2)21(14-16)36-3)30(26(33)25(22)32)11-4-10-29-12-9-28-15-29/h5-9,12-15,23,31H,4,10-11H2,1-3H3/t23-/m0/s1. The first-order valence-electron chi connectivity index (χ1n) is 11.2. The lowest BCUT2D eigenvalue weighted by Crippen LogP contribution is -2.31. The number of carbonyl (C=O) groups excluding carboxylic acids is 2. The maximum absolute atomic E-state index is 13.3. The lowest BCUT2D eigenvalue weighted by Gasteiger charge is -2.26. The Morgan fingerprint density at radius 1 is 1.00 bits per heavy atom. The van der Waals surface area contributed by atoms with Gasteiger partial charge in [-0.15, -0.1) is 0 Å². The molecule has 36 heavy (non-hydrogen) atoms. The number of benzene rings is 2. The van der Waals surface area contributed by atoms with E-state index in [9.17, 15) is 14.7 Å². The van der Waals surface area contributed by atoms with E-state index in [4.69, 9.17) is 25.8 Å². The largest absolute Gasteiger partial charge is 0.507 e. The van der Waals surface area contributed by atoms with Crippen molar-refractivity contribution in [1.29, 1.82) is 0 Å². The number of ketones is 1. The number of rotatable bonds is 9. The average molecular weight is 512 g/mol. The lowest BCUT2D eigenvalue weighted by molar-refractivity contribution is -0.139. The van der Waals surface area contributed by atoms with E-state index in [2.05, 4.69) is 4.98 Å². The number of ether oxygens (including phenoxy) is 3. The van der Waals surface area contributed by atoms with Gasteiger partial charge >= 0.3 is 0 Å². The van der Waals surface area contributed by atoms with Gasteiger partial charge in [-0.05, 0) is 42.3 Å². The summed E-state index contributed by atoms with van der Waals surface area (Å²) in [6.45, 7) is 0.887. The minimum atomic E-state index is -0.839. The highest BCUT2D eigenvalue weighted by Crippen LogP contribution is 2.42. The minimum absolute atomic E-state index is 0.0314. The summed E-state index contributed by atoms with van der Waals surface area (Å²) in [6.07, 6.45) is 5.76. The van der Waals surface area contributed by atoms with Gasteiger partial charge in [-0.1, -0.05) is 17.7 Å². The molecule has 188 valence electrons. The number of likely N-dealkylation sites (tertiary alicyclic amines) is 1. The smallest absolute Gasteiger partial charge is 0.295 e. The van der Waals surface area contributed by atoms with E-state index >= 15 is 0 Å². The number of halogens is 1. The maximum atomic E-state index is 13.3. The molecule has 0 unspecified atom stereocenters. The highest BCUT2D eigenvalue weighted by Gasteiger charge is 2.46. The van der Waals surface area contributed by atoms with Crippen molar-refractivity contribution >= 4 is 29.1 Å². The van der Waals surface area contributed by atoms with Gasteiger partial charge in [0.15, 0.2) is 11.5 Å². The van der Waals surface area contributed by atoms with E-state index in [1.54, 1.807) is 42.9 Å². The second-order valence-electron chi connectivity index (χ2n) is 8.11. The first-order chi connectivity index (χ1) is 17.4.